The van der Waals surface area contributed by atoms with Gasteiger partial charge in [-0.1, -0.05) is 0 Å². The normalized spacial score (nSPS) is 41.5. The number of ether oxygens (including phenoxy) is 4. The molecule has 0 aliphatic carbocycles. The number of sulfonamides is 1. The fourth-order valence-electron chi connectivity index (χ4n) is 3.31. The van der Waals surface area contributed by atoms with Crippen LogP contribution in [0, 0.1) is 0 Å². The quantitative estimate of drug-likeness (QED) is 0.707. The fourth-order valence-corrected chi connectivity index (χ4v) is 4.84. The summed E-state index contributed by atoms with van der Waals surface area (Å²) >= 11 is 0. The molecule has 5 atom stereocenters. The van der Waals surface area contributed by atoms with Gasteiger partial charge in [-0.3, -0.25) is 0 Å². The molecule has 0 N–H and O–H groups in total. The van der Waals surface area contributed by atoms with E-state index in [0.29, 0.717) is 13.2 Å². The number of rotatable bonds is 3. The van der Waals surface area contributed by atoms with Crippen molar-refractivity contribution in [3.63, 3.8) is 0 Å². The zero-order valence-corrected chi connectivity index (χ0v) is 16.3. The van der Waals surface area contributed by atoms with Gasteiger partial charge in [0.1, 0.15) is 18.3 Å². The molecule has 0 radical (unpaired) electrons. The molecule has 0 aromatic heterocycles. The van der Waals surface area contributed by atoms with E-state index in [0.717, 1.165) is 0 Å². The summed E-state index contributed by atoms with van der Waals surface area (Å²) in [5.41, 5.74) is 0. The predicted molar refractivity (Wildman–Crippen MR) is 87.9 cm³/mol. The van der Waals surface area contributed by atoms with Crippen LogP contribution in [0.1, 0.15) is 48.5 Å². The Bertz CT molecular complexity index is 609. The van der Waals surface area contributed by atoms with Crippen LogP contribution in [0.4, 0.5) is 0 Å². The summed E-state index contributed by atoms with van der Waals surface area (Å²) in [5.74, 6) is -1.43. The molecule has 140 valence electrons. The molecule has 24 heavy (non-hydrogen) atoms. The maximum absolute atomic E-state index is 12.6. The van der Waals surface area contributed by atoms with E-state index in [4.69, 9.17) is 18.9 Å². The first-order valence-corrected chi connectivity index (χ1v) is 9.86. The largest absolute Gasteiger partial charge is 0.348 e. The molecule has 0 aromatic carbocycles. The van der Waals surface area contributed by atoms with Crippen LogP contribution >= 0.6 is 0 Å². The van der Waals surface area contributed by atoms with Crippen molar-refractivity contribution in [3.05, 3.63) is 0 Å². The lowest BCUT2D eigenvalue weighted by Crippen LogP contribution is -2.43. The van der Waals surface area contributed by atoms with Crippen molar-refractivity contribution in [1.29, 1.82) is 0 Å². The van der Waals surface area contributed by atoms with Crippen molar-refractivity contribution in [2.24, 2.45) is 0 Å². The van der Waals surface area contributed by atoms with E-state index < -0.39 is 26.3 Å². The highest BCUT2D eigenvalue weighted by Gasteiger charge is 2.61. The van der Waals surface area contributed by atoms with Gasteiger partial charge >= 0.3 is 0 Å². The first kappa shape index (κ1) is 18.5. The first-order valence-electron chi connectivity index (χ1n) is 8.42. The molecule has 0 aromatic rings. The predicted octanol–water partition coefficient (Wildman–Crippen LogP) is 1.47. The summed E-state index contributed by atoms with van der Waals surface area (Å²) in [6, 6.07) is -0.215. The molecule has 3 aliphatic rings. The molecule has 8 heteroatoms. The van der Waals surface area contributed by atoms with E-state index >= 15 is 0 Å². The summed E-state index contributed by atoms with van der Waals surface area (Å²) in [4.78, 5) is 0. The zero-order valence-electron chi connectivity index (χ0n) is 15.5. The molecule has 0 saturated carbocycles. The second-order valence-electron chi connectivity index (χ2n) is 8.69. The minimum Gasteiger partial charge on any atom is -0.348 e. The van der Waals surface area contributed by atoms with E-state index in [9.17, 15) is 8.42 Å². The Morgan fingerprint density at radius 2 is 1.54 bits per heavy atom. The van der Waals surface area contributed by atoms with Crippen LogP contribution in [-0.2, 0) is 29.0 Å². The van der Waals surface area contributed by atoms with Crippen LogP contribution in [-0.4, -0.2) is 66.5 Å². The Labute approximate surface area is 144 Å². The molecule has 3 saturated heterocycles. The highest BCUT2D eigenvalue weighted by Crippen LogP contribution is 2.43. The average Bonchev–Trinajstić information content (AvgIpc) is 3.02. The molecule has 3 heterocycles. The van der Waals surface area contributed by atoms with Crippen molar-refractivity contribution >= 4 is 10.0 Å². The van der Waals surface area contributed by atoms with Crippen LogP contribution < -0.4 is 0 Å². The van der Waals surface area contributed by atoms with Crippen LogP contribution in [0.3, 0.4) is 0 Å². The second-order valence-corrected chi connectivity index (χ2v) is 11.3. The molecular weight excluding hydrogens is 334 g/mol. The minimum atomic E-state index is -3.37. The van der Waals surface area contributed by atoms with Crippen LogP contribution in [0.15, 0.2) is 0 Å². The minimum absolute atomic E-state index is 0.215. The summed E-state index contributed by atoms with van der Waals surface area (Å²) in [7, 11) is -3.37. The zero-order chi connectivity index (χ0) is 18.1. The standard InChI is InChI=1S/C16H29NO6S/c1-14(2,3)24(18,19)17-8-10(17)12-13(23-16(6,7)22-12)11-9-20-15(4,5)21-11/h10-13H,8-9H2,1-7H3. The lowest BCUT2D eigenvalue weighted by Gasteiger charge is -2.25. The molecule has 5 unspecified atom stereocenters. The summed E-state index contributed by atoms with van der Waals surface area (Å²) in [6.07, 6.45) is -0.988. The van der Waals surface area contributed by atoms with Gasteiger partial charge in [0.25, 0.3) is 0 Å². The van der Waals surface area contributed by atoms with E-state index in [1.807, 2.05) is 27.7 Å². The highest BCUT2D eigenvalue weighted by molar-refractivity contribution is 7.90. The SMILES string of the molecule is CC1(C)OCC(C2OC(C)(C)OC2C2CN2S(=O)(=O)C(C)(C)C)O1. The highest BCUT2D eigenvalue weighted by atomic mass is 32.2. The lowest BCUT2D eigenvalue weighted by molar-refractivity contribution is -0.174. The average molecular weight is 363 g/mol. The fraction of sp³-hybridized carbons (Fsp3) is 1.00. The van der Waals surface area contributed by atoms with Crippen LogP contribution in [0.2, 0.25) is 0 Å². The van der Waals surface area contributed by atoms with E-state index in [1.54, 1.807) is 20.8 Å². The Balaban J connectivity index is 1.77. The summed E-state index contributed by atoms with van der Waals surface area (Å²) in [6.45, 7) is 13.4. The third-order valence-corrected chi connectivity index (χ3v) is 7.21. The van der Waals surface area contributed by atoms with Gasteiger partial charge in [-0.25, -0.2) is 8.42 Å². The van der Waals surface area contributed by atoms with Gasteiger partial charge in [0.2, 0.25) is 10.0 Å². The smallest absolute Gasteiger partial charge is 0.219 e. The van der Waals surface area contributed by atoms with E-state index in [2.05, 4.69) is 0 Å². The Hall–Kier alpha value is -0.250. The van der Waals surface area contributed by atoms with Crippen LogP contribution in [0.5, 0.6) is 0 Å². The van der Waals surface area contributed by atoms with Crippen molar-refractivity contribution in [2.75, 3.05) is 13.2 Å². The van der Waals surface area contributed by atoms with Gasteiger partial charge in [-0.15, -0.1) is 0 Å². The van der Waals surface area contributed by atoms with Gasteiger partial charge in [-0.05, 0) is 48.5 Å². The molecule has 0 bridgehead atoms. The van der Waals surface area contributed by atoms with E-state index in [-0.39, 0.29) is 24.4 Å². The van der Waals surface area contributed by atoms with Crippen molar-refractivity contribution < 1.29 is 27.4 Å². The summed E-state index contributed by atoms with van der Waals surface area (Å²) in [5, 5.41) is 0. The molecule has 0 spiro atoms. The van der Waals surface area contributed by atoms with Crippen LogP contribution in [0.25, 0.3) is 0 Å². The topological polar surface area (TPSA) is 74.1 Å². The first-order chi connectivity index (χ1) is 10.7. The van der Waals surface area contributed by atoms with Gasteiger partial charge in [-0.2, -0.15) is 4.31 Å². The maximum Gasteiger partial charge on any atom is 0.219 e. The van der Waals surface area contributed by atoms with Gasteiger partial charge in [0.15, 0.2) is 11.6 Å². The molecular formula is C16H29NO6S. The second kappa shape index (κ2) is 5.37. The summed E-state index contributed by atoms with van der Waals surface area (Å²) < 4.78 is 49.6. The van der Waals surface area contributed by atoms with Crippen molar-refractivity contribution in [2.45, 2.75) is 89.1 Å². The Kier molecular flexibility index (Phi) is 4.15. The third kappa shape index (κ3) is 3.24. The van der Waals surface area contributed by atoms with Gasteiger partial charge < -0.3 is 18.9 Å². The number of hydrogen-bond acceptors (Lipinski definition) is 6. The van der Waals surface area contributed by atoms with Crippen molar-refractivity contribution in [3.8, 4) is 0 Å². The monoisotopic (exact) mass is 363 g/mol. The third-order valence-electron chi connectivity index (χ3n) is 4.63. The molecule has 3 fully saturated rings. The molecule has 7 nitrogen and oxygen atoms in total. The molecule has 3 rings (SSSR count). The maximum atomic E-state index is 12.6. The molecule has 0 amide bonds. The number of nitrogens with zero attached hydrogens (tertiary/aromatic N) is 1. The van der Waals surface area contributed by atoms with Gasteiger partial charge in [0.05, 0.1) is 17.4 Å². The Morgan fingerprint density at radius 1 is 0.958 bits per heavy atom. The Morgan fingerprint density at radius 3 is 2.04 bits per heavy atom. The number of hydrogen-bond donors (Lipinski definition) is 0. The van der Waals surface area contributed by atoms with Crippen molar-refractivity contribution in [1.82, 2.24) is 4.31 Å². The van der Waals surface area contributed by atoms with E-state index in [1.165, 1.54) is 4.31 Å². The lowest BCUT2D eigenvalue weighted by atomic mass is 10.1. The molecule has 3 aliphatic heterocycles. The van der Waals surface area contributed by atoms with Gasteiger partial charge in [0, 0.05) is 6.54 Å².